The molecule has 0 aliphatic rings. The molecule has 0 saturated heterocycles. The minimum Gasteiger partial charge on any atom is -0.465 e. The van der Waals surface area contributed by atoms with Gasteiger partial charge in [0.1, 0.15) is 0 Å². The van der Waals surface area contributed by atoms with Gasteiger partial charge in [0.15, 0.2) is 0 Å². The molecular formula is C10H19N5O2S. The minimum atomic E-state index is -0.249. The fourth-order valence-electron chi connectivity index (χ4n) is 1.25. The lowest BCUT2D eigenvalue weighted by molar-refractivity contribution is -0.139. The summed E-state index contributed by atoms with van der Waals surface area (Å²) >= 11 is 1.29. The first-order chi connectivity index (χ1) is 8.77. The van der Waals surface area contributed by atoms with Crippen LogP contribution in [0.5, 0.6) is 0 Å². The molecule has 0 aliphatic carbocycles. The number of ether oxygens (including phenoxy) is 1. The number of hydrogen-bond acceptors (Lipinski definition) is 7. The molecule has 0 aliphatic heterocycles. The molecule has 0 fully saturated rings. The number of tetrazole rings is 1. The Labute approximate surface area is 111 Å². The van der Waals surface area contributed by atoms with E-state index in [1.165, 1.54) is 11.8 Å². The highest BCUT2D eigenvalue weighted by molar-refractivity contribution is 7.99. The van der Waals surface area contributed by atoms with Gasteiger partial charge < -0.3 is 10.1 Å². The van der Waals surface area contributed by atoms with Crippen molar-refractivity contribution in [3.05, 3.63) is 0 Å². The SMILES string of the molecule is CCCNCCn1nnnc1SCC(=O)OCC. The van der Waals surface area contributed by atoms with Gasteiger partial charge in [-0.05, 0) is 30.3 Å². The summed E-state index contributed by atoms with van der Waals surface area (Å²) < 4.78 is 6.53. The van der Waals surface area contributed by atoms with Crippen LogP contribution >= 0.6 is 11.8 Å². The lowest BCUT2D eigenvalue weighted by Crippen LogP contribution is -2.21. The second-order valence-corrected chi connectivity index (χ2v) is 4.47. The van der Waals surface area contributed by atoms with E-state index < -0.39 is 0 Å². The zero-order valence-corrected chi connectivity index (χ0v) is 11.6. The summed E-state index contributed by atoms with van der Waals surface area (Å²) in [6.07, 6.45) is 1.10. The van der Waals surface area contributed by atoms with Gasteiger partial charge in [-0.15, -0.1) is 5.10 Å². The average Bonchev–Trinajstić information content (AvgIpc) is 2.80. The van der Waals surface area contributed by atoms with E-state index in [1.54, 1.807) is 11.6 Å². The predicted octanol–water partition coefficient (Wildman–Crippen LogP) is 0.328. The highest BCUT2D eigenvalue weighted by atomic mass is 32.2. The van der Waals surface area contributed by atoms with Gasteiger partial charge in [-0.1, -0.05) is 18.7 Å². The summed E-state index contributed by atoms with van der Waals surface area (Å²) in [6, 6.07) is 0. The largest absolute Gasteiger partial charge is 0.465 e. The second-order valence-electron chi connectivity index (χ2n) is 3.53. The Morgan fingerprint density at radius 2 is 2.28 bits per heavy atom. The number of carbonyl (C=O) groups is 1. The van der Waals surface area contributed by atoms with E-state index in [1.807, 2.05) is 0 Å². The number of hydrogen-bond donors (Lipinski definition) is 1. The van der Waals surface area contributed by atoms with E-state index in [9.17, 15) is 4.79 Å². The van der Waals surface area contributed by atoms with Crippen LogP contribution in [0.1, 0.15) is 20.3 Å². The molecule has 0 spiro atoms. The van der Waals surface area contributed by atoms with Gasteiger partial charge in [0.05, 0.1) is 18.9 Å². The van der Waals surface area contributed by atoms with Crippen molar-refractivity contribution in [3.8, 4) is 0 Å². The zero-order valence-electron chi connectivity index (χ0n) is 10.8. The maximum Gasteiger partial charge on any atom is 0.316 e. The van der Waals surface area contributed by atoms with Gasteiger partial charge in [0.2, 0.25) is 5.16 Å². The lowest BCUT2D eigenvalue weighted by atomic mass is 10.5. The van der Waals surface area contributed by atoms with Crippen molar-refractivity contribution in [2.45, 2.75) is 32.0 Å². The first-order valence-electron chi connectivity index (χ1n) is 6.03. The third-order valence-electron chi connectivity index (χ3n) is 2.05. The molecule has 0 radical (unpaired) electrons. The zero-order chi connectivity index (χ0) is 13.2. The Hall–Kier alpha value is -1.15. The van der Waals surface area contributed by atoms with Crippen LogP contribution in [0.25, 0.3) is 0 Å². The first kappa shape index (κ1) is 14.9. The van der Waals surface area contributed by atoms with Crippen LogP contribution in [0.2, 0.25) is 0 Å². The second kappa shape index (κ2) is 8.87. The molecule has 1 aromatic heterocycles. The van der Waals surface area contributed by atoms with Gasteiger partial charge in [-0.2, -0.15) is 0 Å². The van der Waals surface area contributed by atoms with E-state index in [0.717, 1.165) is 19.5 Å². The number of rotatable bonds is 9. The van der Waals surface area contributed by atoms with Gasteiger partial charge in [0.25, 0.3) is 0 Å². The average molecular weight is 273 g/mol. The Bertz CT molecular complexity index is 358. The molecular weight excluding hydrogens is 254 g/mol. The Morgan fingerprint density at radius 3 is 3.00 bits per heavy atom. The lowest BCUT2D eigenvalue weighted by Gasteiger charge is -2.05. The number of carbonyl (C=O) groups excluding carboxylic acids is 1. The monoisotopic (exact) mass is 273 g/mol. The van der Waals surface area contributed by atoms with E-state index in [-0.39, 0.29) is 11.7 Å². The van der Waals surface area contributed by atoms with Gasteiger partial charge >= 0.3 is 5.97 Å². The van der Waals surface area contributed by atoms with Crippen molar-refractivity contribution in [2.24, 2.45) is 0 Å². The van der Waals surface area contributed by atoms with Crippen LogP contribution in [-0.4, -0.2) is 51.6 Å². The maximum atomic E-state index is 11.2. The topological polar surface area (TPSA) is 81.9 Å². The summed E-state index contributed by atoms with van der Waals surface area (Å²) in [7, 11) is 0. The van der Waals surface area contributed by atoms with E-state index in [4.69, 9.17) is 4.74 Å². The molecule has 0 bridgehead atoms. The summed E-state index contributed by atoms with van der Waals surface area (Å²) in [5.74, 6) is -0.0162. The van der Waals surface area contributed by atoms with Crippen molar-refractivity contribution in [3.63, 3.8) is 0 Å². The van der Waals surface area contributed by atoms with Crippen molar-refractivity contribution in [1.29, 1.82) is 0 Å². The summed E-state index contributed by atoms with van der Waals surface area (Å²) in [6.45, 7) is 6.78. The highest BCUT2D eigenvalue weighted by Gasteiger charge is 2.09. The summed E-state index contributed by atoms with van der Waals surface area (Å²) in [4.78, 5) is 11.2. The molecule has 0 atom stereocenters. The fraction of sp³-hybridized carbons (Fsp3) is 0.800. The van der Waals surface area contributed by atoms with Crippen LogP contribution in [0.4, 0.5) is 0 Å². The Kier molecular flexibility index (Phi) is 7.35. The molecule has 1 rings (SSSR count). The highest BCUT2D eigenvalue weighted by Crippen LogP contribution is 2.13. The molecule has 8 heteroatoms. The molecule has 0 saturated carbocycles. The smallest absolute Gasteiger partial charge is 0.316 e. The van der Waals surface area contributed by atoms with Gasteiger partial charge in [0, 0.05) is 6.54 Å². The number of aromatic nitrogens is 4. The quantitative estimate of drug-likeness (QED) is 0.394. The van der Waals surface area contributed by atoms with Crippen LogP contribution in [-0.2, 0) is 16.1 Å². The number of thioether (sulfide) groups is 1. The van der Waals surface area contributed by atoms with Crippen molar-refractivity contribution < 1.29 is 9.53 Å². The van der Waals surface area contributed by atoms with Crippen molar-refractivity contribution >= 4 is 17.7 Å². The molecule has 102 valence electrons. The Morgan fingerprint density at radius 1 is 1.44 bits per heavy atom. The molecule has 1 heterocycles. The predicted molar refractivity (Wildman–Crippen MR) is 68.3 cm³/mol. The van der Waals surface area contributed by atoms with Gasteiger partial charge in [-0.3, -0.25) is 4.79 Å². The van der Waals surface area contributed by atoms with Crippen LogP contribution < -0.4 is 5.32 Å². The molecule has 7 nitrogen and oxygen atoms in total. The molecule has 0 amide bonds. The molecule has 1 N–H and O–H groups in total. The summed E-state index contributed by atoms with van der Waals surface area (Å²) in [5, 5.41) is 15.3. The standard InChI is InChI=1S/C10H19N5O2S/c1-3-5-11-6-7-15-10(12-13-14-15)18-8-9(16)17-4-2/h11H,3-8H2,1-2H3. The first-order valence-corrected chi connectivity index (χ1v) is 7.01. The maximum absolute atomic E-state index is 11.2. The fourth-order valence-corrected chi connectivity index (χ4v) is 1.95. The third kappa shape index (κ3) is 5.46. The molecule has 18 heavy (non-hydrogen) atoms. The van der Waals surface area contributed by atoms with Crippen molar-refractivity contribution in [2.75, 3.05) is 25.4 Å². The molecule has 1 aromatic rings. The minimum absolute atomic E-state index is 0.233. The van der Waals surface area contributed by atoms with Gasteiger partial charge in [-0.25, -0.2) is 4.68 Å². The van der Waals surface area contributed by atoms with Crippen LogP contribution in [0.15, 0.2) is 5.16 Å². The normalized spacial score (nSPS) is 10.6. The third-order valence-corrected chi connectivity index (χ3v) is 2.98. The Balaban J connectivity index is 2.32. The summed E-state index contributed by atoms with van der Waals surface area (Å²) in [5.41, 5.74) is 0. The number of esters is 1. The van der Waals surface area contributed by atoms with E-state index in [2.05, 4.69) is 27.8 Å². The van der Waals surface area contributed by atoms with Crippen LogP contribution in [0.3, 0.4) is 0 Å². The molecule has 0 aromatic carbocycles. The molecule has 0 unspecified atom stereocenters. The number of nitrogens with zero attached hydrogens (tertiary/aromatic N) is 4. The number of nitrogens with one attached hydrogen (secondary N) is 1. The van der Waals surface area contributed by atoms with Crippen LogP contribution in [0, 0.1) is 0 Å². The van der Waals surface area contributed by atoms with E-state index in [0.29, 0.717) is 18.3 Å². The van der Waals surface area contributed by atoms with E-state index >= 15 is 0 Å². The van der Waals surface area contributed by atoms with Crippen molar-refractivity contribution in [1.82, 2.24) is 25.5 Å².